The van der Waals surface area contributed by atoms with Crippen LogP contribution >= 0.6 is 0 Å². The number of nitrogens with two attached hydrogens (primary N) is 1. The van der Waals surface area contributed by atoms with Gasteiger partial charge in [0, 0.05) is 50.4 Å². The molecule has 1 fully saturated rings. The molecule has 126 valence electrons. The number of nitrogens with zero attached hydrogens (tertiary/aromatic N) is 2. The fraction of sp³-hybridized carbons (Fsp3) is 0.316. The zero-order valence-electron chi connectivity index (χ0n) is 13.6. The standard InChI is InChI=1S/C19H22FN3O/c20-17-6-1-2-7-18(17)23-12-10-22(11-13-23)9-8-19(24)15-4-3-5-16(21)14-15/h1-7,14H,8-13,21H2. The van der Waals surface area contributed by atoms with Gasteiger partial charge in [-0.1, -0.05) is 24.3 Å². The van der Waals surface area contributed by atoms with Crippen LogP contribution in [0.3, 0.4) is 0 Å². The molecule has 24 heavy (non-hydrogen) atoms. The van der Waals surface area contributed by atoms with Crippen molar-refractivity contribution in [2.75, 3.05) is 43.4 Å². The third-order valence-corrected chi connectivity index (χ3v) is 4.43. The Hall–Kier alpha value is -2.40. The molecular formula is C19H22FN3O. The van der Waals surface area contributed by atoms with E-state index in [0.29, 0.717) is 23.4 Å². The molecule has 0 spiro atoms. The van der Waals surface area contributed by atoms with Crippen LogP contribution in [0.25, 0.3) is 0 Å². The van der Waals surface area contributed by atoms with Gasteiger partial charge in [0.25, 0.3) is 0 Å². The van der Waals surface area contributed by atoms with Crippen molar-refractivity contribution in [2.45, 2.75) is 6.42 Å². The van der Waals surface area contributed by atoms with Crippen molar-refractivity contribution in [3.05, 3.63) is 59.9 Å². The lowest BCUT2D eigenvalue weighted by molar-refractivity contribution is 0.0962. The SMILES string of the molecule is Nc1cccc(C(=O)CCN2CCN(c3ccccc3F)CC2)c1. The maximum absolute atomic E-state index is 13.8. The fourth-order valence-corrected chi connectivity index (χ4v) is 3.04. The predicted octanol–water partition coefficient (Wildman–Crippen LogP) is 2.80. The second kappa shape index (κ2) is 7.45. The van der Waals surface area contributed by atoms with E-state index in [-0.39, 0.29) is 11.6 Å². The molecule has 3 rings (SSSR count). The summed E-state index contributed by atoms with van der Waals surface area (Å²) in [6, 6.07) is 14.0. The predicted molar refractivity (Wildman–Crippen MR) is 94.9 cm³/mol. The molecule has 0 aromatic heterocycles. The Kier molecular flexibility index (Phi) is 5.11. The topological polar surface area (TPSA) is 49.6 Å². The Morgan fingerprint density at radius 3 is 2.50 bits per heavy atom. The summed E-state index contributed by atoms with van der Waals surface area (Å²) in [4.78, 5) is 16.5. The average Bonchev–Trinajstić information content (AvgIpc) is 2.61. The molecule has 4 nitrogen and oxygen atoms in total. The van der Waals surface area contributed by atoms with E-state index < -0.39 is 0 Å². The minimum atomic E-state index is -0.178. The van der Waals surface area contributed by atoms with Gasteiger partial charge in [0.2, 0.25) is 0 Å². The molecule has 0 saturated carbocycles. The van der Waals surface area contributed by atoms with E-state index in [1.807, 2.05) is 12.1 Å². The quantitative estimate of drug-likeness (QED) is 0.678. The summed E-state index contributed by atoms with van der Waals surface area (Å²) in [5.74, 6) is -0.0679. The monoisotopic (exact) mass is 327 g/mol. The summed E-state index contributed by atoms with van der Waals surface area (Å²) < 4.78 is 13.8. The molecule has 2 aromatic carbocycles. The number of benzene rings is 2. The van der Waals surface area contributed by atoms with E-state index in [9.17, 15) is 9.18 Å². The Morgan fingerprint density at radius 1 is 1.04 bits per heavy atom. The first-order chi connectivity index (χ1) is 11.6. The van der Waals surface area contributed by atoms with Gasteiger partial charge in [-0.05, 0) is 24.3 Å². The van der Waals surface area contributed by atoms with E-state index in [4.69, 9.17) is 5.73 Å². The van der Waals surface area contributed by atoms with Crippen molar-refractivity contribution in [1.82, 2.24) is 4.90 Å². The van der Waals surface area contributed by atoms with E-state index in [0.717, 1.165) is 32.7 Å². The number of hydrogen-bond acceptors (Lipinski definition) is 4. The van der Waals surface area contributed by atoms with Crippen molar-refractivity contribution in [1.29, 1.82) is 0 Å². The van der Waals surface area contributed by atoms with Crippen LogP contribution in [-0.4, -0.2) is 43.4 Å². The molecule has 0 unspecified atom stereocenters. The van der Waals surface area contributed by atoms with Gasteiger partial charge in [-0.25, -0.2) is 4.39 Å². The first-order valence-corrected chi connectivity index (χ1v) is 8.24. The van der Waals surface area contributed by atoms with E-state index >= 15 is 0 Å². The second-order valence-electron chi connectivity index (χ2n) is 6.08. The van der Waals surface area contributed by atoms with Crippen LogP contribution in [0.1, 0.15) is 16.8 Å². The van der Waals surface area contributed by atoms with Crippen molar-refractivity contribution >= 4 is 17.2 Å². The maximum atomic E-state index is 13.8. The van der Waals surface area contributed by atoms with Crippen molar-refractivity contribution in [3.63, 3.8) is 0 Å². The van der Waals surface area contributed by atoms with Crippen molar-refractivity contribution < 1.29 is 9.18 Å². The van der Waals surface area contributed by atoms with Gasteiger partial charge in [-0.15, -0.1) is 0 Å². The lowest BCUT2D eigenvalue weighted by Crippen LogP contribution is -2.47. The molecule has 0 radical (unpaired) electrons. The molecule has 1 heterocycles. The van der Waals surface area contributed by atoms with Crippen molar-refractivity contribution in [3.8, 4) is 0 Å². The van der Waals surface area contributed by atoms with Crippen LogP contribution < -0.4 is 10.6 Å². The smallest absolute Gasteiger partial charge is 0.164 e. The number of rotatable bonds is 5. The van der Waals surface area contributed by atoms with Gasteiger partial charge in [0.05, 0.1) is 5.69 Å². The van der Waals surface area contributed by atoms with Gasteiger partial charge < -0.3 is 10.6 Å². The number of anilines is 2. The van der Waals surface area contributed by atoms with Crippen molar-refractivity contribution in [2.24, 2.45) is 0 Å². The molecule has 2 N–H and O–H groups in total. The molecule has 2 aromatic rings. The Morgan fingerprint density at radius 2 is 1.79 bits per heavy atom. The van der Waals surface area contributed by atoms with Crippen LogP contribution in [0.5, 0.6) is 0 Å². The zero-order chi connectivity index (χ0) is 16.9. The molecule has 1 aliphatic heterocycles. The summed E-state index contributed by atoms with van der Waals surface area (Å²) in [6.45, 7) is 3.93. The summed E-state index contributed by atoms with van der Waals surface area (Å²) in [6.07, 6.45) is 0.475. The van der Waals surface area contributed by atoms with Crippen LogP contribution in [-0.2, 0) is 0 Å². The molecule has 0 atom stereocenters. The van der Waals surface area contributed by atoms with Gasteiger partial charge in [-0.3, -0.25) is 9.69 Å². The molecular weight excluding hydrogens is 305 g/mol. The Bertz CT molecular complexity index is 711. The minimum absolute atomic E-state index is 0.110. The molecule has 0 bridgehead atoms. The third-order valence-electron chi connectivity index (χ3n) is 4.43. The minimum Gasteiger partial charge on any atom is -0.399 e. The lowest BCUT2D eigenvalue weighted by atomic mass is 10.1. The number of nitrogen functional groups attached to an aromatic ring is 1. The highest BCUT2D eigenvalue weighted by molar-refractivity contribution is 5.96. The number of carbonyl (C=O) groups excluding carboxylic acids is 1. The molecule has 0 amide bonds. The number of hydrogen-bond donors (Lipinski definition) is 1. The molecule has 0 aliphatic carbocycles. The zero-order valence-corrected chi connectivity index (χ0v) is 13.6. The van der Waals surface area contributed by atoms with E-state index in [2.05, 4.69) is 9.80 Å². The van der Waals surface area contributed by atoms with Crippen LogP contribution in [0.15, 0.2) is 48.5 Å². The highest BCUT2D eigenvalue weighted by Gasteiger charge is 2.19. The number of piperazine rings is 1. The normalized spacial score (nSPS) is 15.5. The molecule has 1 saturated heterocycles. The van der Waals surface area contributed by atoms with Gasteiger partial charge in [0.1, 0.15) is 5.82 Å². The fourth-order valence-electron chi connectivity index (χ4n) is 3.04. The largest absolute Gasteiger partial charge is 0.399 e. The van der Waals surface area contributed by atoms with E-state index in [1.165, 1.54) is 6.07 Å². The lowest BCUT2D eigenvalue weighted by Gasteiger charge is -2.36. The van der Waals surface area contributed by atoms with Gasteiger partial charge in [0.15, 0.2) is 5.78 Å². The Balaban J connectivity index is 1.49. The van der Waals surface area contributed by atoms with Gasteiger partial charge >= 0.3 is 0 Å². The number of para-hydroxylation sites is 1. The van der Waals surface area contributed by atoms with Crippen LogP contribution in [0.2, 0.25) is 0 Å². The highest BCUT2D eigenvalue weighted by Crippen LogP contribution is 2.20. The number of Topliss-reactive ketones (excluding diaryl/α,β-unsaturated/α-hetero) is 1. The van der Waals surface area contributed by atoms with E-state index in [1.54, 1.807) is 30.3 Å². The van der Waals surface area contributed by atoms with Crippen LogP contribution in [0, 0.1) is 5.82 Å². The molecule has 5 heteroatoms. The second-order valence-corrected chi connectivity index (χ2v) is 6.08. The Labute approximate surface area is 141 Å². The molecule has 1 aliphatic rings. The first kappa shape index (κ1) is 16.5. The van der Waals surface area contributed by atoms with Gasteiger partial charge in [-0.2, -0.15) is 0 Å². The third kappa shape index (κ3) is 3.92. The number of carbonyl (C=O) groups is 1. The summed E-state index contributed by atoms with van der Waals surface area (Å²) in [5.41, 5.74) is 7.66. The highest BCUT2D eigenvalue weighted by atomic mass is 19.1. The summed E-state index contributed by atoms with van der Waals surface area (Å²) in [7, 11) is 0. The maximum Gasteiger partial charge on any atom is 0.164 e. The summed E-state index contributed by atoms with van der Waals surface area (Å²) in [5, 5.41) is 0. The number of halogens is 1. The first-order valence-electron chi connectivity index (χ1n) is 8.24. The summed E-state index contributed by atoms with van der Waals surface area (Å²) >= 11 is 0. The number of ketones is 1. The average molecular weight is 327 g/mol. The van der Waals surface area contributed by atoms with Crippen LogP contribution in [0.4, 0.5) is 15.8 Å².